The van der Waals surface area contributed by atoms with Gasteiger partial charge in [0, 0.05) is 38.8 Å². The van der Waals surface area contributed by atoms with Crippen molar-refractivity contribution >= 4 is 29.9 Å². The summed E-state index contributed by atoms with van der Waals surface area (Å²) in [6.07, 6.45) is -2.02. The second-order valence-corrected chi connectivity index (χ2v) is 9.56. The standard InChI is InChI=1S/C24H33F2N3O4.ClH/c1-15(2)33-22-5-4-16(25)12-20(22)28-10-8-27(9-11-28)6-3-7-29-23(31)17-13-19(26)21(30)14-18(17)24(29)32;/h4-5,12,15,17-19,21,30H,3,6-11,13-14H2,1-2H3;1H. The maximum atomic E-state index is 13.9. The lowest BCUT2D eigenvalue weighted by Crippen LogP contribution is -2.47. The average Bonchev–Trinajstić information content (AvgIpc) is 3.00. The van der Waals surface area contributed by atoms with Gasteiger partial charge in [0.15, 0.2) is 0 Å². The highest BCUT2D eigenvalue weighted by Crippen LogP contribution is 2.39. The van der Waals surface area contributed by atoms with Crippen LogP contribution in [0.1, 0.15) is 33.1 Å². The zero-order valence-corrected chi connectivity index (χ0v) is 20.5. The van der Waals surface area contributed by atoms with Gasteiger partial charge in [-0.05, 0) is 51.8 Å². The van der Waals surface area contributed by atoms with Gasteiger partial charge in [-0.3, -0.25) is 19.4 Å². The summed E-state index contributed by atoms with van der Waals surface area (Å²) in [5, 5.41) is 9.74. The van der Waals surface area contributed by atoms with Crippen LogP contribution in [0.4, 0.5) is 14.5 Å². The first-order valence-electron chi connectivity index (χ1n) is 11.9. The minimum absolute atomic E-state index is 0. The lowest BCUT2D eigenvalue weighted by Gasteiger charge is -2.37. The van der Waals surface area contributed by atoms with E-state index in [-0.39, 0.29) is 49.0 Å². The van der Waals surface area contributed by atoms with Crippen molar-refractivity contribution < 1.29 is 28.2 Å². The first-order chi connectivity index (χ1) is 15.7. The zero-order valence-electron chi connectivity index (χ0n) is 19.7. The fraction of sp³-hybridized carbons (Fsp3) is 0.667. The molecule has 10 heteroatoms. The Morgan fingerprint density at radius 1 is 1.06 bits per heavy atom. The third kappa shape index (κ3) is 5.63. The minimum Gasteiger partial charge on any atom is -0.489 e. The molecule has 4 atom stereocenters. The average molecular weight is 502 g/mol. The number of aliphatic hydroxyl groups excluding tert-OH is 1. The summed E-state index contributed by atoms with van der Waals surface area (Å²) < 4.78 is 33.5. The van der Waals surface area contributed by atoms with Crippen molar-refractivity contribution in [1.82, 2.24) is 9.80 Å². The molecule has 1 N–H and O–H groups in total. The van der Waals surface area contributed by atoms with E-state index in [1.807, 2.05) is 13.8 Å². The highest BCUT2D eigenvalue weighted by molar-refractivity contribution is 6.05. The van der Waals surface area contributed by atoms with Crippen LogP contribution in [0.3, 0.4) is 0 Å². The molecule has 7 nitrogen and oxygen atoms in total. The number of aliphatic hydroxyl groups is 1. The number of piperazine rings is 1. The van der Waals surface area contributed by atoms with E-state index in [4.69, 9.17) is 4.74 Å². The molecule has 2 aliphatic heterocycles. The molecule has 4 rings (SSSR count). The van der Waals surface area contributed by atoms with Gasteiger partial charge >= 0.3 is 0 Å². The first kappa shape index (κ1) is 26.6. The summed E-state index contributed by atoms with van der Waals surface area (Å²) in [5.74, 6) is -1.41. The highest BCUT2D eigenvalue weighted by atomic mass is 35.5. The molecule has 0 aromatic heterocycles. The van der Waals surface area contributed by atoms with Crippen molar-refractivity contribution in [3.63, 3.8) is 0 Å². The summed E-state index contributed by atoms with van der Waals surface area (Å²) in [6, 6.07) is 4.59. The lowest BCUT2D eigenvalue weighted by atomic mass is 9.78. The largest absolute Gasteiger partial charge is 0.489 e. The monoisotopic (exact) mass is 501 g/mol. The van der Waals surface area contributed by atoms with Gasteiger partial charge in [-0.1, -0.05) is 0 Å². The van der Waals surface area contributed by atoms with Gasteiger partial charge in [0.05, 0.1) is 29.7 Å². The number of ether oxygens (including phenoxy) is 1. The number of benzene rings is 1. The molecule has 1 aromatic carbocycles. The van der Waals surface area contributed by atoms with E-state index in [1.54, 1.807) is 6.07 Å². The van der Waals surface area contributed by atoms with Gasteiger partial charge in [-0.2, -0.15) is 0 Å². The predicted molar refractivity (Wildman–Crippen MR) is 127 cm³/mol. The summed E-state index contributed by atoms with van der Waals surface area (Å²) in [6.45, 7) is 7.92. The van der Waals surface area contributed by atoms with E-state index in [0.29, 0.717) is 18.7 Å². The summed E-state index contributed by atoms with van der Waals surface area (Å²) in [5.41, 5.74) is 0.757. The van der Waals surface area contributed by atoms with Gasteiger partial charge < -0.3 is 14.7 Å². The van der Waals surface area contributed by atoms with Crippen LogP contribution in [0, 0.1) is 17.7 Å². The van der Waals surface area contributed by atoms with Gasteiger partial charge in [0.25, 0.3) is 0 Å². The van der Waals surface area contributed by atoms with Crippen LogP contribution in [0.25, 0.3) is 0 Å². The maximum Gasteiger partial charge on any atom is 0.233 e. The van der Waals surface area contributed by atoms with Crippen LogP contribution in [0.5, 0.6) is 5.75 Å². The fourth-order valence-corrected chi connectivity index (χ4v) is 5.17. The smallest absolute Gasteiger partial charge is 0.233 e. The Morgan fingerprint density at radius 3 is 2.35 bits per heavy atom. The number of alkyl halides is 1. The second-order valence-electron chi connectivity index (χ2n) is 9.56. The number of nitrogens with zero attached hydrogens (tertiary/aromatic N) is 3. The number of anilines is 1. The third-order valence-electron chi connectivity index (χ3n) is 6.90. The maximum absolute atomic E-state index is 13.9. The van der Waals surface area contributed by atoms with Crippen molar-refractivity contribution in [3.05, 3.63) is 24.0 Å². The summed E-state index contributed by atoms with van der Waals surface area (Å²) in [7, 11) is 0. The van der Waals surface area contributed by atoms with E-state index < -0.39 is 24.1 Å². The molecule has 2 heterocycles. The molecule has 1 aliphatic carbocycles. The topological polar surface area (TPSA) is 73.3 Å². The van der Waals surface area contributed by atoms with E-state index in [2.05, 4.69) is 9.80 Å². The minimum atomic E-state index is -1.44. The SMILES string of the molecule is CC(C)Oc1ccc(F)cc1N1CCN(CCCN2C(=O)C3CC(O)C(F)CC3C2=O)CC1.Cl. The molecule has 1 saturated carbocycles. The molecule has 2 amide bonds. The van der Waals surface area contributed by atoms with Crippen molar-refractivity contribution in [3.8, 4) is 5.75 Å². The molecular weight excluding hydrogens is 468 g/mol. The fourth-order valence-electron chi connectivity index (χ4n) is 5.17. The molecule has 0 spiro atoms. The van der Waals surface area contributed by atoms with Crippen molar-refractivity contribution in [2.24, 2.45) is 11.8 Å². The Morgan fingerprint density at radius 2 is 1.71 bits per heavy atom. The van der Waals surface area contributed by atoms with Gasteiger partial charge in [0.2, 0.25) is 11.8 Å². The Bertz CT molecular complexity index is 854. The number of fused-ring (bicyclic) bond motifs is 1. The zero-order chi connectivity index (χ0) is 23.7. The Hall–Kier alpha value is -1.97. The molecule has 1 aromatic rings. The van der Waals surface area contributed by atoms with Crippen LogP contribution < -0.4 is 9.64 Å². The number of rotatable bonds is 7. The molecule has 2 saturated heterocycles. The number of carbonyl (C=O) groups is 2. The molecule has 4 unspecified atom stereocenters. The second kappa shape index (κ2) is 11.2. The van der Waals surface area contributed by atoms with E-state index >= 15 is 0 Å². The first-order valence-corrected chi connectivity index (χ1v) is 11.9. The molecule has 190 valence electrons. The molecular formula is C24H34ClF2N3O4. The summed E-state index contributed by atoms with van der Waals surface area (Å²) in [4.78, 5) is 30.9. The van der Waals surface area contributed by atoms with Crippen LogP contribution in [0.15, 0.2) is 18.2 Å². The normalized spacial score (nSPS) is 27.7. The molecule has 0 bridgehead atoms. The number of amides is 2. The number of halogens is 3. The number of likely N-dealkylation sites (tertiary alicyclic amines) is 1. The number of hydrogen-bond acceptors (Lipinski definition) is 6. The Kier molecular flexibility index (Phi) is 8.76. The number of hydrogen-bond donors (Lipinski definition) is 1. The van der Waals surface area contributed by atoms with Crippen molar-refractivity contribution in [1.29, 1.82) is 0 Å². The molecule has 0 radical (unpaired) electrons. The molecule has 3 fully saturated rings. The van der Waals surface area contributed by atoms with Crippen molar-refractivity contribution in [2.45, 2.75) is 51.5 Å². The number of carbonyl (C=O) groups excluding carboxylic acids is 2. The molecule has 34 heavy (non-hydrogen) atoms. The highest BCUT2D eigenvalue weighted by Gasteiger charge is 2.52. The predicted octanol–water partition coefficient (Wildman–Crippen LogP) is 2.64. The Labute approximate surface area is 205 Å². The Balaban J connectivity index is 0.00000324. The van der Waals surface area contributed by atoms with Gasteiger partial charge in [-0.25, -0.2) is 8.78 Å². The summed E-state index contributed by atoms with van der Waals surface area (Å²) >= 11 is 0. The third-order valence-corrected chi connectivity index (χ3v) is 6.90. The van der Waals surface area contributed by atoms with Crippen LogP contribution >= 0.6 is 12.4 Å². The van der Waals surface area contributed by atoms with Crippen LogP contribution in [0.2, 0.25) is 0 Å². The quantitative estimate of drug-likeness (QED) is 0.579. The van der Waals surface area contributed by atoms with E-state index in [0.717, 1.165) is 38.4 Å². The molecule has 3 aliphatic rings. The van der Waals surface area contributed by atoms with Crippen LogP contribution in [-0.2, 0) is 9.59 Å². The van der Waals surface area contributed by atoms with Gasteiger partial charge in [0.1, 0.15) is 17.7 Å². The van der Waals surface area contributed by atoms with Crippen LogP contribution in [-0.4, -0.2) is 84.4 Å². The lowest BCUT2D eigenvalue weighted by molar-refractivity contribution is -0.140. The van der Waals surface area contributed by atoms with E-state index in [1.165, 1.54) is 17.0 Å². The van der Waals surface area contributed by atoms with Gasteiger partial charge in [-0.15, -0.1) is 12.4 Å². The number of imide groups is 1. The van der Waals surface area contributed by atoms with Crippen molar-refractivity contribution in [2.75, 3.05) is 44.2 Å². The van der Waals surface area contributed by atoms with E-state index in [9.17, 15) is 23.5 Å².